The predicted octanol–water partition coefficient (Wildman–Crippen LogP) is 1.40. The number of carbonyl (C=O) groups excluding carboxylic acids is 1. The van der Waals surface area contributed by atoms with Crippen molar-refractivity contribution in [2.24, 2.45) is 13.0 Å². The SMILES string of the molecule is CCC(C)C(=O)Nc1ccn(C)n1. The van der Waals surface area contributed by atoms with Gasteiger partial charge in [0.2, 0.25) is 5.91 Å². The van der Waals surface area contributed by atoms with Gasteiger partial charge < -0.3 is 5.32 Å². The standard InChI is InChI=1S/C9H15N3O/c1-4-7(2)9(13)10-8-5-6-12(3)11-8/h5-7H,4H2,1-3H3,(H,10,11,13). The van der Waals surface area contributed by atoms with Crippen molar-refractivity contribution in [3.63, 3.8) is 0 Å². The molecule has 1 unspecified atom stereocenters. The first-order chi connectivity index (χ1) is 6.13. The van der Waals surface area contributed by atoms with Crippen LogP contribution in [0.5, 0.6) is 0 Å². The van der Waals surface area contributed by atoms with Crippen molar-refractivity contribution in [1.29, 1.82) is 0 Å². The van der Waals surface area contributed by atoms with E-state index >= 15 is 0 Å². The highest BCUT2D eigenvalue weighted by Crippen LogP contribution is 2.06. The van der Waals surface area contributed by atoms with E-state index in [1.165, 1.54) is 0 Å². The molecule has 1 amide bonds. The summed E-state index contributed by atoms with van der Waals surface area (Å²) in [5.41, 5.74) is 0. The van der Waals surface area contributed by atoms with Gasteiger partial charge in [-0.1, -0.05) is 13.8 Å². The van der Waals surface area contributed by atoms with Crippen LogP contribution >= 0.6 is 0 Å². The molecule has 72 valence electrons. The van der Waals surface area contributed by atoms with Crippen LogP contribution < -0.4 is 5.32 Å². The number of hydrogen-bond acceptors (Lipinski definition) is 2. The average Bonchev–Trinajstić information content (AvgIpc) is 2.49. The Morgan fingerprint density at radius 3 is 2.92 bits per heavy atom. The van der Waals surface area contributed by atoms with Crippen molar-refractivity contribution in [2.75, 3.05) is 5.32 Å². The predicted molar refractivity (Wildman–Crippen MR) is 51.3 cm³/mol. The van der Waals surface area contributed by atoms with Gasteiger partial charge in [-0.3, -0.25) is 9.48 Å². The van der Waals surface area contributed by atoms with E-state index in [9.17, 15) is 4.79 Å². The lowest BCUT2D eigenvalue weighted by Crippen LogP contribution is -2.19. The van der Waals surface area contributed by atoms with Crippen LogP contribution in [-0.4, -0.2) is 15.7 Å². The molecule has 13 heavy (non-hydrogen) atoms. The molecule has 0 bridgehead atoms. The van der Waals surface area contributed by atoms with Crippen molar-refractivity contribution < 1.29 is 4.79 Å². The van der Waals surface area contributed by atoms with Gasteiger partial charge in [0.1, 0.15) is 0 Å². The summed E-state index contributed by atoms with van der Waals surface area (Å²) in [5.74, 6) is 0.691. The lowest BCUT2D eigenvalue weighted by Gasteiger charge is -2.06. The van der Waals surface area contributed by atoms with E-state index in [0.29, 0.717) is 5.82 Å². The Labute approximate surface area is 77.9 Å². The third-order valence-electron chi connectivity index (χ3n) is 2.02. The summed E-state index contributed by atoms with van der Waals surface area (Å²) in [6, 6.07) is 1.78. The van der Waals surface area contributed by atoms with Gasteiger partial charge in [-0.15, -0.1) is 0 Å². The van der Waals surface area contributed by atoms with Crippen molar-refractivity contribution in [3.8, 4) is 0 Å². The summed E-state index contributed by atoms with van der Waals surface area (Å²) in [4.78, 5) is 11.4. The van der Waals surface area contributed by atoms with Crippen LogP contribution in [0.2, 0.25) is 0 Å². The molecule has 1 rings (SSSR count). The fourth-order valence-electron chi connectivity index (χ4n) is 0.917. The third kappa shape index (κ3) is 2.57. The maximum absolute atomic E-state index is 11.4. The highest BCUT2D eigenvalue weighted by molar-refractivity contribution is 5.91. The summed E-state index contributed by atoms with van der Waals surface area (Å²) in [5, 5.41) is 6.79. The number of anilines is 1. The normalized spacial score (nSPS) is 12.5. The number of hydrogen-bond donors (Lipinski definition) is 1. The Morgan fingerprint density at radius 2 is 2.46 bits per heavy atom. The minimum atomic E-state index is 0.0289. The number of amides is 1. The van der Waals surface area contributed by atoms with Crippen LogP contribution in [0.15, 0.2) is 12.3 Å². The minimum absolute atomic E-state index is 0.0289. The van der Waals surface area contributed by atoms with Gasteiger partial charge in [-0.2, -0.15) is 5.10 Å². The first-order valence-corrected chi connectivity index (χ1v) is 4.44. The van der Waals surface area contributed by atoms with Gasteiger partial charge in [0.15, 0.2) is 5.82 Å². The second-order valence-electron chi connectivity index (χ2n) is 3.17. The van der Waals surface area contributed by atoms with Crippen LogP contribution in [0.3, 0.4) is 0 Å². The van der Waals surface area contributed by atoms with Crippen molar-refractivity contribution in [1.82, 2.24) is 9.78 Å². The highest BCUT2D eigenvalue weighted by Gasteiger charge is 2.10. The van der Waals surface area contributed by atoms with Gasteiger partial charge in [0.25, 0.3) is 0 Å². The number of nitrogens with one attached hydrogen (secondary N) is 1. The molecule has 1 aromatic rings. The maximum Gasteiger partial charge on any atom is 0.228 e. The van der Waals surface area contributed by atoms with E-state index in [0.717, 1.165) is 6.42 Å². The zero-order valence-corrected chi connectivity index (χ0v) is 8.24. The Balaban J connectivity index is 2.54. The van der Waals surface area contributed by atoms with Gasteiger partial charge in [0.05, 0.1) is 0 Å². The van der Waals surface area contributed by atoms with E-state index in [4.69, 9.17) is 0 Å². The van der Waals surface area contributed by atoms with E-state index < -0.39 is 0 Å². The summed E-state index contributed by atoms with van der Waals surface area (Å²) in [6.07, 6.45) is 2.64. The number of aromatic nitrogens is 2. The first-order valence-electron chi connectivity index (χ1n) is 4.44. The largest absolute Gasteiger partial charge is 0.309 e. The number of nitrogens with zero attached hydrogens (tertiary/aromatic N) is 2. The molecule has 0 aliphatic heterocycles. The monoisotopic (exact) mass is 181 g/mol. The molecular weight excluding hydrogens is 166 g/mol. The fraction of sp³-hybridized carbons (Fsp3) is 0.556. The zero-order chi connectivity index (χ0) is 9.84. The van der Waals surface area contributed by atoms with Crippen LogP contribution in [0.1, 0.15) is 20.3 Å². The summed E-state index contributed by atoms with van der Waals surface area (Å²) in [6.45, 7) is 3.89. The van der Waals surface area contributed by atoms with Crippen LogP contribution in [-0.2, 0) is 11.8 Å². The minimum Gasteiger partial charge on any atom is -0.309 e. The van der Waals surface area contributed by atoms with E-state index in [1.807, 2.05) is 20.9 Å². The fourth-order valence-corrected chi connectivity index (χ4v) is 0.917. The molecule has 0 saturated heterocycles. The zero-order valence-electron chi connectivity index (χ0n) is 8.24. The van der Waals surface area contributed by atoms with Crippen LogP contribution in [0, 0.1) is 5.92 Å². The quantitative estimate of drug-likeness (QED) is 0.766. The lowest BCUT2D eigenvalue weighted by molar-refractivity contribution is -0.119. The van der Waals surface area contributed by atoms with Crippen LogP contribution in [0.4, 0.5) is 5.82 Å². The van der Waals surface area contributed by atoms with Gasteiger partial charge in [-0.25, -0.2) is 0 Å². The van der Waals surface area contributed by atoms with Crippen molar-refractivity contribution in [3.05, 3.63) is 12.3 Å². The molecule has 0 aliphatic carbocycles. The van der Waals surface area contributed by atoms with Crippen LogP contribution in [0.25, 0.3) is 0 Å². The van der Waals surface area contributed by atoms with E-state index in [2.05, 4.69) is 10.4 Å². The molecule has 0 radical (unpaired) electrons. The van der Waals surface area contributed by atoms with E-state index in [1.54, 1.807) is 16.9 Å². The topological polar surface area (TPSA) is 46.9 Å². The Kier molecular flexibility index (Phi) is 3.06. The highest BCUT2D eigenvalue weighted by atomic mass is 16.1. The molecule has 0 saturated carbocycles. The Bertz CT molecular complexity index is 293. The van der Waals surface area contributed by atoms with Gasteiger partial charge >= 0.3 is 0 Å². The molecule has 0 spiro atoms. The first kappa shape index (κ1) is 9.77. The van der Waals surface area contributed by atoms with Gasteiger partial charge in [-0.05, 0) is 6.42 Å². The second-order valence-corrected chi connectivity index (χ2v) is 3.17. The molecule has 4 heteroatoms. The van der Waals surface area contributed by atoms with Crippen molar-refractivity contribution in [2.45, 2.75) is 20.3 Å². The summed E-state index contributed by atoms with van der Waals surface area (Å²) >= 11 is 0. The molecule has 1 aromatic heterocycles. The molecule has 1 heterocycles. The Morgan fingerprint density at radius 1 is 1.77 bits per heavy atom. The Hall–Kier alpha value is -1.32. The third-order valence-corrected chi connectivity index (χ3v) is 2.02. The molecule has 0 fully saturated rings. The van der Waals surface area contributed by atoms with Gasteiger partial charge in [0, 0.05) is 25.2 Å². The molecule has 0 aliphatic rings. The molecule has 0 aromatic carbocycles. The summed E-state index contributed by atoms with van der Waals surface area (Å²) in [7, 11) is 1.82. The average molecular weight is 181 g/mol. The molecule has 1 atom stereocenters. The second kappa shape index (κ2) is 4.07. The number of carbonyl (C=O) groups is 1. The molecule has 1 N–H and O–H groups in total. The smallest absolute Gasteiger partial charge is 0.228 e. The summed E-state index contributed by atoms with van der Waals surface area (Å²) < 4.78 is 1.66. The number of rotatable bonds is 3. The van der Waals surface area contributed by atoms with E-state index in [-0.39, 0.29) is 11.8 Å². The molecule has 4 nitrogen and oxygen atoms in total. The molecular formula is C9H15N3O. The number of aryl methyl sites for hydroxylation is 1. The lowest BCUT2D eigenvalue weighted by atomic mass is 10.1. The maximum atomic E-state index is 11.4. The van der Waals surface area contributed by atoms with Crippen molar-refractivity contribution >= 4 is 11.7 Å².